The van der Waals surface area contributed by atoms with Crippen molar-refractivity contribution >= 4 is 6.09 Å². The van der Waals surface area contributed by atoms with Gasteiger partial charge in [0.2, 0.25) is 5.92 Å². The Hall–Kier alpha value is -1.09. The zero-order valence-corrected chi connectivity index (χ0v) is 12.8. The van der Waals surface area contributed by atoms with Gasteiger partial charge in [0, 0.05) is 39.0 Å². The fourth-order valence-electron chi connectivity index (χ4n) is 3.31. The van der Waals surface area contributed by atoms with Crippen LogP contribution in [0, 0.1) is 5.92 Å². The van der Waals surface area contributed by atoms with E-state index < -0.39 is 24.7 Å². The number of rotatable bonds is 5. The summed E-state index contributed by atoms with van der Waals surface area (Å²) in [5.74, 6) is -2.44. The third-order valence-corrected chi connectivity index (χ3v) is 4.58. The second-order valence-electron chi connectivity index (χ2n) is 6.28. The Bertz CT molecular complexity index is 401. The Balaban J connectivity index is 1.85. The fraction of sp³-hybridized carbons (Fsp3) is 0.929. The predicted octanol–water partition coefficient (Wildman–Crippen LogP) is 2.72. The van der Waals surface area contributed by atoms with Crippen LogP contribution in [0.15, 0.2) is 0 Å². The number of alkyl halides is 4. The summed E-state index contributed by atoms with van der Waals surface area (Å²) in [5.41, 5.74) is 0. The van der Waals surface area contributed by atoms with Gasteiger partial charge in [0.05, 0.1) is 12.6 Å². The van der Waals surface area contributed by atoms with Crippen LogP contribution < -0.4 is 0 Å². The minimum Gasteiger partial charge on any atom is -0.465 e. The Morgan fingerprint density at radius 1 is 1.26 bits per heavy atom. The number of carbonyl (C=O) groups is 1. The number of carboxylic acid groups (broad SMARTS) is 1. The normalized spacial score (nSPS) is 26.7. The molecule has 0 aromatic carbocycles. The van der Waals surface area contributed by atoms with Crippen LogP contribution >= 0.6 is 0 Å². The number of piperazine rings is 1. The molecule has 1 heterocycles. The van der Waals surface area contributed by atoms with Gasteiger partial charge in [-0.2, -0.15) is 8.78 Å². The lowest BCUT2D eigenvalue weighted by molar-refractivity contribution is -0.144. The molecule has 1 atom stereocenters. The highest BCUT2D eigenvalue weighted by atomic mass is 19.3. The highest BCUT2D eigenvalue weighted by Crippen LogP contribution is 2.36. The second kappa shape index (κ2) is 7.65. The number of amides is 1. The van der Waals surface area contributed by atoms with E-state index in [2.05, 4.69) is 4.74 Å². The third kappa shape index (κ3) is 5.49. The van der Waals surface area contributed by atoms with Crippen LogP contribution in [0.1, 0.15) is 25.7 Å². The van der Waals surface area contributed by atoms with Crippen molar-refractivity contribution in [2.75, 3.05) is 32.8 Å². The van der Waals surface area contributed by atoms with Gasteiger partial charge in [-0.15, -0.1) is 0 Å². The van der Waals surface area contributed by atoms with Crippen molar-refractivity contribution in [1.82, 2.24) is 9.80 Å². The molecule has 1 saturated heterocycles. The summed E-state index contributed by atoms with van der Waals surface area (Å²) in [6.07, 6.45) is -0.533. The third-order valence-electron chi connectivity index (χ3n) is 4.58. The average Bonchev–Trinajstić information content (AvgIpc) is 2.47. The fourth-order valence-corrected chi connectivity index (χ4v) is 3.31. The maximum absolute atomic E-state index is 13.2. The van der Waals surface area contributed by atoms with Crippen molar-refractivity contribution < 1.29 is 32.2 Å². The number of hydrogen-bond donors (Lipinski definition) is 1. The summed E-state index contributed by atoms with van der Waals surface area (Å²) < 4.78 is 55.0. The van der Waals surface area contributed by atoms with E-state index in [4.69, 9.17) is 5.11 Å². The lowest BCUT2D eigenvalue weighted by Gasteiger charge is -2.41. The van der Waals surface area contributed by atoms with E-state index in [-0.39, 0.29) is 38.5 Å². The Morgan fingerprint density at radius 2 is 1.91 bits per heavy atom. The standard InChI is InChI=1S/C14H22F4N2O3/c15-12(16)23-9-11-8-19(5-6-20(11)13(21)22)7-10-1-3-14(17,18)4-2-10/h10-12H,1-9H2,(H,21,22). The Morgan fingerprint density at radius 3 is 2.48 bits per heavy atom. The number of ether oxygens (including phenoxy) is 1. The van der Waals surface area contributed by atoms with Crippen molar-refractivity contribution in [3.63, 3.8) is 0 Å². The molecule has 5 nitrogen and oxygen atoms in total. The van der Waals surface area contributed by atoms with E-state index in [9.17, 15) is 22.4 Å². The molecule has 1 N–H and O–H groups in total. The van der Waals surface area contributed by atoms with Crippen molar-refractivity contribution in [3.05, 3.63) is 0 Å². The molecule has 0 aromatic heterocycles. The van der Waals surface area contributed by atoms with E-state index in [0.717, 1.165) is 4.90 Å². The van der Waals surface area contributed by atoms with Gasteiger partial charge >= 0.3 is 12.7 Å². The summed E-state index contributed by atoms with van der Waals surface area (Å²) >= 11 is 0. The summed E-state index contributed by atoms with van der Waals surface area (Å²) in [4.78, 5) is 14.2. The van der Waals surface area contributed by atoms with E-state index in [1.807, 2.05) is 4.90 Å². The Labute approximate surface area is 132 Å². The largest absolute Gasteiger partial charge is 0.465 e. The van der Waals surface area contributed by atoms with E-state index in [1.54, 1.807) is 0 Å². The first-order valence-electron chi connectivity index (χ1n) is 7.76. The molecule has 1 aliphatic heterocycles. The van der Waals surface area contributed by atoms with Crippen LogP contribution in [0.3, 0.4) is 0 Å². The SMILES string of the molecule is O=C(O)N1CCN(CC2CCC(F)(F)CC2)CC1COC(F)F. The second-order valence-corrected chi connectivity index (χ2v) is 6.28. The molecule has 1 amide bonds. The molecule has 134 valence electrons. The van der Waals surface area contributed by atoms with Gasteiger partial charge in [-0.25, -0.2) is 13.6 Å². The molecule has 1 saturated carbocycles. The van der Waals surface area contributed by atoms with Crippen LogP contribution in [0.5, 0.6) is 0 Å². The van der Waals surface area contributed by atoms with Crippen molar-refractivity contribution in [2.45, 2.75) is 44.3 Å². The highest BCUT2D eigenvalue weighted by Gasteiger charge is 2.37. The number of nitrogens with zero attached hydrogens (tertiary/aromatic N) is 2. The quantitative estimate of drug-likeness (QED) is 0.781. The molecule has 2 aliphatic rings. The molecule has 2 rings (SSSR count). The lowest BCUT2D eigenvalue weighted by Crippen LogP contribution is -2.57. The van der Waals surface area contributed by atoms with Crippen molar-refractivity contribution in [1.29, 1.82) is 0 Å². The Kier molecular flexibility index (Phi) is 6.07. The molecule has 23 heavy (non-hydrogen) atoms. The zero-order valence-electron chi connectivity index (χ0n) is 12.8. The first-order valence-corrected chi connectivity index (χ1v) is 7.76. The van der Waals surface area contributed by atoms with Gasteiger partial charge in [-0.1, -0.05) is 0 Å². The molecule has 1 aliphatic carbocycles. The van der Waals surface area contributed by atoms with E-state index in [0.29, 0.717) is 25.9 Å². The molecular formula is C14H22F4N2O3. The van der Waals surface area contributed by atoms with Gasteiger partial charge in [-0.3, -0.25) is 4.90 Å². The first kappa shape index (κ1) is 18.3. The van der Waals surface area contributed by atoms with Crippen LogP contribution in [-0.2, 0) is 4.74 Å². The monoisotopic (exact) mass is 342 g/mol. The van der Waals surface area contributed by atoms with Crippen molar-refractivity contribution in [3.8, 4) is 0 Å². The van der Waals surface area contributed by atoms with Gasteiger partial charge in [0.25, 0.3) is 0 Å². The van der Waals surface area contributed by atoms with E-state index >= 15 is 0 Å². The molecular weight excluding hydrogens is 320 g/mol. The van der Waals surface area contributed by atoms with E-state index in [1.165, 1.54) is 0 Å². The molecule has 1 unspecified atom stereocenters. The molecule has 0 aromatic rings. The van der Waals surface area contributed by atoms with Crippen LogP contribution in [0.25, 0.3) is 0 Å². The van der Waals surface area contributed by atoms with Crippen LogP contribution in [0.2, 0.25) is 0 Å². The minimum absolute atomic E-state index is 0.120. The molecule has 0 bridgehead atoms. The van der Waals surface area contributed by atoms with Gasteiger partial charge < -0.3 is 14.7 Å². The summed E-state index contributed by atoms with van der Waals surface area (Å²) in [6, 6.07) is -0.666. The topological polar surface area (TPSA) is 53.0 Å². The maximum atomic E-state index is 13.2. The van der Waals surface area contributed by atoms with Crippen LogP contribution in [-0.4, -0.2) is 72.4 Å². The predicted molar refractivity (Wildman–Crippen MR) is 73.8 cm³/mol. The van der Waals surface area contributed by atoms with Gasteiger partial charge in [0.1, 0.15) is 0 Å². The van der Waals surface area contributed by atoms with Gasteiger partial charge in [-0.05, 0) is 18.8 Å². The minimum atomic E-state index is -2.94. The van der Waals surface area contributed by atoms with Crippen LogP contribution in [0.4, 0.5) is 22.4 Å². The zero-order chi connectivity index (χ0) is 17.0. The lowest BCUT2D eigenvalue weighted by atomic mass is 9.86. The maximum Gasteiger partial charge on any atom is 0.407 e. The molecule has 0 radical (unpaired) electrons. The number of halogens is 4. The molecule has 0 spiro atoms. The number of hydrogen-bond acceptors (Lipinski definition) is 3. The summed E-state index contributed by atoms with van der Waals surface area (Å²) in [7, 11) is 0. The summed E-state index contributed by atoms with van der Waals surface area (Å²) in [6.45, 7) is -1.76. The van der Waals surface area contributed by atoms with Gasteiger partial charge in [0.15, 0.2) is 0 Å². The first-order chi connectivity index (χ1) is 10.8. The average molecular weight is 342 g/mol. The van der Waals surface area contributed by atoms with Crippen molar-refractivity contribution in [2.24, 2.45) is 5.92 Å². The molecule has 2 fully saturated rings. The summed E-state index contributed by atoms with van der Waals surface area (Å²) in [5, 5.41) is 9.12. The highest BCUT2D eigenvalue weighted by molar-refractivity contribution is 5.65. The molecule has 9 heteroatoms. The smallest absolute Gasteiger partial charge is 0.407 e.